The van der Waals surface area contributed by atoms with Gasteiger partial charge in [-0.3, -0.25) is 14.4 Å². The van der Waals surface area contributed by atoms with Gasteiger partial charge in [-0.2, -0.15) is 0 Å². The standard InChI is InChI=1S/C21H27NO9/c1-12-18(22-21(26)28-10-16-8-6-5-7-9-16)20(30-15(4)25)31-17(11-27-13(2)23)19(12)29-14(3)24/h5-9,12,17-20H,10-11H2,1-4H3,(H,22,26). The molecule has 10 nitrogen and oxygen atoms in total. The van der Waals surface area contributed by atoms with Gasteiger partial charge >= 0.3 is 24.0 Å². The minimum atomic E-state index is -1.20. The second kappa shape index (κ2) is 11.3. The van der Waals surface area contributed by atoms with Crippen LogP contribution in [0.5, 0.6) is 0 Å². The zero-order chi connectivity index (χ0) is 23.0. The van der Waals surface area contributed by atoms with Crippen molar-refractivity contribution in [1.82, 2.24) is 5.32 Å². The number of esters is 3. The molecule has 0 saturated carbocycles. The predicted molar refractivity (Wildman–Crippen MR) is 105 cm³/mol. The van der Waals surface area contributed by atoms with Crippen molar-refractivity contribution in [3.8, 4) is 0 Å². The summed E-state index contributed by atoms with van der Waals surface area (Å²) in [6.07, 6.45) is -3.74. The number of nitrogens with one attached hydrogen (secondary N) is 1. The summed E-state index contributed by atoms with van der Waals surface area (Å²) in [5.41, 5.74) is 0.793. The van der Waals surface area contributed by atoms with E-state index in [4.69, 9.17) is 23.7 Å². The van der Waals surface area contributed by atoms with Crippen molar-refractivity contribution in [2.75, 3.05) is 6.61 Å². The number of carbonyl (C=O) groups excluding carboxylic acids is 4. The minimum absolute atomic E-state index is 0.0370. The number of hydrogen-bond acceptors (Lipinski definition) is 9. The van der Waals surface area contributed by atoms with Crippen LogP contribution in [-0.4, -0.2) is 55.1 Å². The number of carbonyl (C=O) groups is 4. The molecule has 170 valence electrons. The highest BCUT2D eigenvalue weighted by molar-refractivity contribution is 5.69. The normalized spacial score (nSPS) is 25.1. The fourth-order valence-electron chi connectivity index (χ4n) is 3.20. The molecule has 1 aliphatic heterocycles. The average molecular weight is 437 g/mol. The van der Waals surface area contributed by atoms with Crippen LogP contribution < -0.4 is 5.32 Å². The predicted octanol–water partition coefficient (Wildman–Crippen LogP) is 1.70. The summed E-state index contributed by atoms with van der Waals surface area (Å²) >= 11 is 0. The molecule has 1 aromatic carbocycles. The van der Waals surface area contributed by atoms with Gasteiger partial charge in [0.2, 0.25) is 6.29 Å². The van der Waals surface area contributed by atoms with Crippen LogP contribution in [0.3, 0.4) is 0 Å². The van der Waals surface area contributed by atoms with E-state index >= 15 is 0 Å². The quantitative estimate of drug-likeness (QED) is 0.501. The van der Waals surface area contributed by atoms with Crippen LogP contribution in [0, 0.1) is 5.92 Å². The van der Waals surface area contributed by atoms with Gasteiger partial charge in [-0.05, 0) is 5.56 Å². The summed E-state index contributed by atoms with van der Waals surface area (Å²) < 4.78 is 26.5. The van der Waals surface area contributed by atoms with E-state index in [1.54, 1.807) is 19.1 Å². The first kappa shape index (κ1) is 24.1. The molecule has 1 N–H and O–H groups in total. The van der Waals surface area contributed by atoms with Gasteiger partial charge in [-0.25, -0.2) is 4.79 Å². The molecule has 1 aromatic rings. The maximum Gasteiger partial charge on any atom is 0.407 e. The van der Waals surface area contributed by atoms with E-state index in [1.165, 1.54) is 20.8 Å². The molecule has 0 aromatic heterocycles. The lowest BCUT2D eigenvalue weighted by atomic mass is 9.88. The number of ether oxygens (including phenoxy) is 5. The van der Waals surface area contributed by atoms with E-state index in [9.17, 15) is 19.2 Å². The Kier molecular flexibility index (Phi) is 8.80. The summed E-state index contributed by atoms with van der Waals surface area (Å²) in [4.78, 5) is 46.8. The average Bonchev–Trinajstić information content (AvgIpc) is 2.70. The fourth-order valence-corrected chi connectivity index (χ4v) is 3.20. The molecule has 0 bridgehead atoms. The van der Waals surface area contributed by atoms with Gasteiger partial charge in [0.05, 0.1) is 0 Å². The zero-order valence-electron chi connectivity index (χ0n) is 17.9. The van der Waals surface area contributed by atoms with E-state index in [-0.39, 0.29) is 13.2 Å². The molecule has 1 heterocycles. The SMILES string of the molecule is CC(=O)OCC1OC(OC(C)=O)C(NC(=O)OCc2ccccc2)C(C)C1OC(C)=O. The van der Waals surface area contributed by atoms with E-state index in [0.29, 0.717) is 0 Å². The monoisotopic (exact) mass is 437 g/mol. The third kappa shape index (κ3) is 7.56. The molecule has 0 aliphatic carbocycles. The van der Waals surface area contributed by atoms with Crippen molar-refractivity contribution in [3.05, 3.63) is 35.9 Å². The number of benzene rings is 1. The first-order valence-electron chi connectivity index (χ1n) is 9.77. The van der Waals surface area contributed by atoms with Crippen molar-refractivity contribution in [2.24, 2.45) is 5.92 Å². The molecule has 1 amide bonds. The number of alkyl carbamates (subject to hydrolysis) is 1. The molecular formula is C21H27NO9. The molecule has 1 fully saturated rings. The topological polar surface area (TPSA) is 126 Å². The van der Waals surface area contributed by atoms with Gasteiger partial charge in [-0.1, -0.05) is 37.3 Å². The molecule has 1 saturated heterocycles. The maximum absolute atomic E-state index is 12.4. The summed E-state index contributed by atoms with van der Waals surface area (Å²) in [6, 6.07) is 8.20. The van der Waals surface area contributed by atoms with E-state index < -0.39 is 54.5 Å². The molecule has 0 spiro atoms. The minimum Gasteiger partial charge on any atom is -0.463 e. The highest BCUT2D eigenvalue weighted by Gasteiger charge is 2.48. The Labute approximate surface area is 180 Å². The summed E-state index contributed by atoms with van der Waals surface area (Å²) in [6.45, 7) is 5.15. The van der Waals surface area contributed by atoms with Crippen LogP contribution in [0.25, 0.3) is 0 Å². The molecule has 2 rings (SSSR count). The molecule has 5 unspecified atom stereocenters. The largest absolute Gasteiger partial charge is 0.463 e. The van der Waals surface area contributed by atoms with E-state index in [0.717, 1.165) is 5.56 Å². The third-order valence-electron chi connectivity index (χ3n) is 4.59. The number of hydrogen-bond donors (Lipinski definition) is 1. The van der Waals surface area contributed by atoms with Crippen LogP contribution in [0.2, 0.25) is 0 Å². The van der Waals surface area contributed by atoms with Crippen LogP contribution in [-0.2, 0) is 44.7 Å². The van der Waals surface area contributed by atoms with Crippen molar-refractivity contribution in [2.45, 2.75) is 58.8 Å². The molecular weight excluding hydrogens is 410 g/mol. The lowest BCUT2D eigenvalue weighted by Crippen LogP contribution is -2.62. The van der Waals surface area contributed by atoms with Crippen LogP contribution in [0.1, 0.15) is 33.3 Å². The Morgan fingerprint density at radius 2 is 1.58 bits per heavy atom. The van der Waals surface area contributed by atoms with Gasteiger partial charge in [0.15, 0.2) is 0 Å². The van der Waals surface area contributed by atoms with Gasteiger partial charge < -0.3 is 29.0 Å². The Hall–Kier alpha value is -3.14. The second-order valence-corrected chi connectivity index (χ2v) is 7.12. The summed E-state index contributed by atoms with van der Waals surface area (Å²) in [5.74, 6) is -2.33. The maximum atomic E-state index is 12.4. The second-order valence-electron chi connectivity index (χ2n) is 7.12. The molecule has 5 atom stereocenters. The van der Waals surface area contributed by atoms with E-state index in [1.807, 2.05) is 18.2 Å². The lowest BCUT2D eigenvalue weighted by Gasteiger charge is -2.44. The van der Waals surface area contributed by atoms with Crippen molar-refractivity contribution >= 4 is 24.0 Å². The van der Waals surface area contributed by atoms with Gasteiger partial charge in [0.25, 0.3) is 0 Å². The third-order valence-corrected chi connectivity index (χ3v) is 4.59. The Morgan fingerprint density at radius 3 is 2.16 bits per heavy atom. The van der Waals surface area contributed by atoms with Gasteiger partial charge in [0.1, 0.15) is 31.5 Å². The van der Waals surface area contributed by atoms with Crippen molar-refractivity contribution in [3.63, 3.8) is 0 Å². The molecule has 10 heteroatoms. The van der Waals surface area contributed by atoms with Crippen LogP contribution in [0.15, 0.2) is 30.3 Å². The fraction of sp³-hybridized carbons (Fsp3) is 0.524. The smallest absolute Gasteiger partial charge is 0.407 e. The van der Waals surface area contributed by atoms with Gasteiger partial charge in [-0.15, -0.1) is 0 Å². The van der Waals surface area contributed by atoms with Crippen LogP contribution >= 0.6 is 0 Å². The van der Waals surface area contributed by atoms with Gasteiger partial charge in [0, 0.05) is 26.7 Å². The summed E-state index contributed by atoms with van der Waals surface area (Å²) in [7, 11) is 0. The van der Waals surface area contributed by atoms with Crippen LogP contribution in [0.4, 0.5) is 4.79 Å². The Balaban J connectivity index is 2.14. The Bertz CT molecular complexity index is 782. The number of rotatable bonds is 7. The first-order chi connectivity index (χ1) is 14.7. The highest BCUT2D eigenvalue weighted by atomic mass is 16.7. The first-order valence-corrected chi connectivity index (χ1v) is 9.77. The molecule has 0 radical (unpaired) electrons. The van der Waals surface area contributed by atoms with Crippen molar-refractivity contribution < 1.29 is 42.9 Å². The van der Waals surface area contributed by atoms with Crippen molar-refractivity contribution in [1.29, 1.82) is 0 Å². The lowest BCUT2D eigenvalue weighted by molar-refractivity contribution is -0.255. The Morgan fingerprint density at radius 1 is 0.935 bits per heavy atom. The molecule has 1 aliphatic rings. The van der Waals surface area contributed by atoms with E-state index in [2.05, 4.69) is 5.32 Å². The number of amides is 1. The highest BCUT2D eigenvalue weighted by Crippen LogP contribution is 2.30. The zero-order valence-corrected chi connectivity index (χ0v) is 17.9. The molecule has 31 heavy (non-hydrogen) atoms. The summed E-state index contributed by atoms with van der Waals surface area (Å²) in [5, 5.41) is 2.62.